The van der Waals surface area contributed by atoms with Crippen LogP contribution in [0.5, 0.6) is 5.75 Å². The van der Waals surface area contributed by atoms with Gasteiger partial charge in [-0.15, -0.1) is 6.58 Å². The van der Waals surface area contributed by atoms with Crippen molar-refractivity contribution in [3.63, 3.8) is 0 Å². The summed E-state index contributed by atoms with van der Waals surface area (Å²) >= 11 is 0. The number of nitrogens with one attached hydrogen (secondary N) is 1. The first-order valence-electron chi connectivity index (χ1n) is 12.6. The molecule has 3 amide bonds. The monoisotopic (exact) mass is 530 g/mol. The second-order valence-corrected chi connectivity index (χ2v) is 9.06. The smallest absolute Gasteiger partial charge is 0.257 e. The maximum atomic E-state index is 14.1. The zero-order chi connectivity index (χ0) is 27.8. The van der Waals surface area contributed by atoms with Crippen molar-refractivity contribution in [1.82, 2.24) is 9.80 Å². The number of piperazine rings is 1. The van der Waals surface area contributed by atoms with Crippen LogP contribution in [0.4, 0.5) is 15.8 Å². The Kier molecular flexibility index (Phi) is 8.94. The SMILES string of the molecule is C=CCN(CC(=O)Nc1ccc(N2CCN(C(=O)c3ccc(OC)cc3)CC2)cc1)C(=O)c1ccccc1F. The average Bonchev–Trinajstić information content (AvgIpc) is 2.97. The molecule has 8 nitrogen and oxygen atoms in total. The Morgan fingerprint density at radius 1 is 0.974 bits per heavy atom. The van der Waals surface area contributed by atoms with Gasteiger partial charge in [-0.25, -0.2) is 4.39 Å². The molecule has 0 saturated carbocycles. The van der Waals surface area contributed by atoms with Crippen LogP contribution in [0.25, 0.3) is 0 Å². The van der Waals surface area contributed by atoms with Gasteiger partial charge in [0, 0.05) is 49.7 Å². The van der Waals surface area contributed by atoms with Crippen LogP contribution in [-0.4, -0.2) is 73.9 Å². The van der Waals surface area contributed by atoms with Gasteiger partial charge in [0.15, 0.2) is 0 Å². The van der Waals surface area contributed by atoms with Gasteiger partial charge in [-0.2, -0.15) is 0 Å². The number of methoxy groups -OCH3 is 1. The third-order valence-electron chi connectivity index (χ3n) is 6.50. The van der Waals surface area contributed by atoms with Crippen LogP contribution >= 0.6 is 0 Å². The number of carbonyl (C=O) groups is 3. The van der Waals surface area contributed by atoms with Gasteiger partial charge in [0.1, 0.15) is 18.1 Å². The van der Waals surface area contributed by atoms with E-state index in [1.165, 1.54) is 29.2 Å². The minimum Gasteiger partial charge on any atom is -0.497 e. The number of halogens is 1. The summed E-state index contributed by atoms with van der Waals surface area (Å²) in [6.45, 7) is 6.05. The normalized spacial score (nSPS) is 13.0. The van der Waals surface area contributed by atoms with Crippen molar-refractivity contribution < 1.29 is 23.5 Å². The number of amides is 3. The van der Waals surface area contributed by atoms with E-state index < -0.39 is 17.6 Å². The van der Waals surface area contributed by atoms with Gasteiger partial charge in [0.25, 0.3) is 11.8 Å². The number of ether oxygens (including phenoxy) is 1. The minimum absolute atomic E-state index is 0.00524. The Labute approximate surface area is 227 Å². The number of carbonyl (C=O) groups excluding carboxylic acids is 3. The molecule has 9 heteroatoms. The summed E-state index contributed by atoms with van der Waals surface area (Å²) in [7, 11) is 1.59. The summed E-state index contributed by atoms with van der Waals surface area (Å²) in [6.07, 6.45) is 1.49. The summed E-state index contributed by atoms with van der Waals surface area (Å²) in [4.78, 5) is 43.5. The molecule has 0 bridgehead atoms. The summed E-state index contributed by atoms with van der Waals surface area (Å²) in [6, 6.07) is 20.2. The van der Waals surface area contributed by atoms with Crippen molar-refractivity contribution in [2.75, 3.05) is 56.6 Å². The van der Waals surface area contributed by atoms with Crippen LogP contribution in [0.2, 0.25) is 0 Å². The molecule has 1 fully saturated rings. The zero-order valence-corrected chi connectivity index (χ0v) is 21.8. The molecule has 39 heavy (non-hydrogen) atoms. The van der Waals surface area contributed by atoms with E-state index in [0.29, 0.717) is 43.2 Å². The van der Waals surface area contributed by atoms with Crippen molar-refractivity contribution >= 4 is 29.1 Å². The van der Waals surface area contributed by atoms with E-state index in [9.17, 15) is 18.8 Å². The van der Waals surface area contributed by atoms with E-state index in [-0.39, 0.29) is 24.6 Å². The van der Waals surface area contributed by atoms with Crippen molar-refractivity contribution in [2.24, 2.45) is 0 Å². The lowest BCUT2D eigenvalue weighted by Gasteiger charge is -2.36. The molecule has 1 aliphatic rings. The number of hydrogen-bond acceptors (Lipinski definition) is 5. The number of hydrogen-bond donors (Lipinski definition) is 1. The minimum atomic E-state index is -0.640. The molecule has 1 saturated heterocycles. The molecule has 0 unspecified atom stereocenters. The lowest BCUT2D eigenvalue weighted by atomic mass is 10.1. The van der Waals surface area contributed by atoms with Crippen LogP contribution in [0, 0.1) is 5.82 Å². The molecular weight excluding hydrogens is 499 g/mol. The Morgan fingerprint density at radius 3 is 2.26 bits per heavy atom. The van der Waals surface area contributed by atoms with Crippen LogP contribution in [0.3, 0.4) is 0 Å². The molecule has 0 aliphatic carbocycles. The molecule has 0 radical (unpaired) electrons. The highest BCUT2D eigenvalue weighted by atomic mass is 19.1. The number of rotatable bonds is 9. The molecule has 3 aromatic rings. The molecule has 0 aromatic heterocycles. The molecule has 202 valence electrons. The number of benzene rings is 3. The van der Waals surface area contributed by atoms with Crippen molar-refractivity contribution in [3.8, 4) is 5.75 Å². The number of nitrogens with zero attached hydrogens (tertiary/aromatic N) is 3. The van der Waals surface area contributed by atoms with Crippen molar-refractivity contribution in [3.05, 3.63) is 102 Å². The number of anilines is 2. The maximum absolute atomic E-state index is 14.1. The third-order valence-corrected chi connectivity index (χ3v) is 6.50. The van der Waals surface area contributed by atoms with Gasteiger partial charge in [-0.05, 0) is 60.7 Å². The van der Waals surface area contributed by atoms with E-state index >= 15 is 0 Å². The second-order valence-electron chi connectivity index (χ2n) is 9.06. The third kappa shape index (κ3) is 6.81. The largest absolute Gasteiger partial charge is 0.497 e. The lowest BCUT2D eigenvalue weighted by Crippen LogP contribution is -2.48. The average molecular weight is 531 g/mol. The van der Waals surface area contributed by atoms with Gasteiger partial charge in [0.05, 0.1) is 12.7 Å². The van der Waals surface area contributed by atoms with Gasteiger partial charge in [-0.3, -0.25) is 14.4 Å². The summed E-state index contributed by atoms with van der Waals surface area (Å²) < 4.78 is 19.2. The molecule has 1 heterocycles. The Hall–Kier alpha value is -4.66. The first-order chi connectivity index (χ1) is 18.9. The fourth-order valence-electron chi connectivity index (χ4n) is 4.39. The predicted octanol–water partition coefficient (Wildman–Crippen LogP) is 4.06. The summed E-state index contributed by atoms with van der Waals surface area (Å²) in [5.74, 6) is -0.919. The molecule has 0 spiro atoms. The van der Waals surface area contributed by atoms with Gasteiger partial charge in [0.2, 0.25) is 5.91 Å². The van der Waals surface area contributed by atoms with Crippen LogP contribution in [0.15, 0.2) is 85.5 Å². The standard InChI is InChI=1S/C30H31FN4O4/c1-3-16-35(30(38)26-6-4-5-7-27(26)31)21-28(36)32-23-10-12-24(13-11-23)33-17-19-34(20-18-33)29(37)22-8-14-25(39-2)15-9-22/h3-15H,1,16-21H2,2H3,(H,32,36). The van der Waals surface area contributed by atoms with Crippen LogP contribution in [-0.2, 0) is 4.79 Å². The first-order valence-corrected chi connectivity index (χ1v) is 12.6. The quantitative estimate of drug-likeness (QED) is 0.422. The Bertz CT molecular complexity index is 1320. The van der Waals surface area contributed by atoms with Crippen LogP contribution in [0.1, 0.15) is 20.7 Å². The lowest BCUT2D eigenvalue weighted by molar-refractivity contribution is -0.116. The first kappa shape index (κ1) is 27.4. The van der Waals surface area contributed by atoms with E-state index in [4.69, 9.17) is 4.74 Å². The molecule has 1 aliphatic heterocycles. The summed E-state index contributed by atoms with van der Waals surface area (Å²) in [5, 5.41) is 2.79. The zero-order valence-electron chi connectivity index (χ0n) is 21.8. The predicted molar refractivity (Wildman–Crippen MR) is 149 cm³/mol. The summed E-state index contributed by atoms with van der Waals surface area (Å²) in [5.41, 5.74) is 2.09. The molecule has 0 atom stereocenters. The molecule has 4 rings (SSSR count). The van der Waals surface area contributed by atoms with Crippen molar-refractivity contribution in [2.45, 2.75) is 0 Å². The molecular formula is C30H31FN4O4. The van der Waals surface area contributed by atoms with Crippen LogP contribution < -0.4 is 15.0 Å². The van der Waals surface area contributed by atoms with Gasteiger partial charge < -0.3 is 24.8 Å². The fourth-order valence-corrected chi connectivity index (χ4v) is 4.39. The van der Waals surface area contributed by atoms with E-state index in [0.717, 1.165) is 5.69 Å². The molecule has 1 N–H and O–H groups in total. The van der Waals surface area contributed by atoms with E-state index in [1.807, 2.05) is 17.0 Å². The van der Waals surface area contributed by atoms with E-state index in [1.54, 1.807) is 49.6 Å². The fraction of sp³-hybridized carbons (Fsp3) is 0.233. The van der Waals surface area contributed by atoms with E-state index in [2.05, 4.69) is 16.8 Å². The van der Waals surface area contributed by atoms with Gasteiger partial charge in [-0.1, -0.05) is 18.2 Å². The highest BCUT2D eigenvalue weighted by molar-refractivity contribution is 5.99. The van der Waals surface area contributed by atoms with Crippen molar-refractivity contribution in [1.29, 1.82) is 0 Å². The Morgan fingerprint density at radius 2 is 1.64 bits per heavy atom. The topological polar surface area (TPSA) is 82.2 Å². The highest BCUT2D eigenvalue weighted by Crippen LogP contribution is 2.21. The highest BCUT2D eigenvalue weighted by Gasteiger charge is 2.23. The maximum Gasteiger partial charge on any atom is 0.257 e. The van der Waals surface area contributed by atoms with Gasteiger partial charge >= 0.3 is 0 Å². The molecule has 3 aromatic carbocycles. The second kappa shape index (κ2) is 12.7. The Balaban J connectivity index is 1.30.